The summed E-state index contributed by atoms with van der Waals surface area (Å²) >= 11 is 3.50. The summed E-state index contributed by atoms with van der Waals surface area (Å²) in [7, 11) is 0. The molecule has 2 N–H and O–H groups in total. The number of hydrogen-bond acceptors (Lipinski definition) is 3. The van der Waals surface area contributed by atoms with Gasteiger partial charge in [0.05, 0.1) is 5.56 Å². The molecular formula is C17H19BrN2O2. The Kier molecular flexibility index (Phi) is 4.10. The fraction of sp³-hybridized carbons (Fsp3) is 0.353. The highest BCUT2D eigenvalue weighted by atomic mass is 79.9. The van der Waals surface area contributed by atoms with E-state index in [1.165, 1.54) is 0 Å². The van der Waals surface area contributed by atoms with Crippen LogP contribution >= 0.6 is 15.9 Å². The molecule has 1 amide bonds. The highest BCUT2D eigenvalue weighted by Gasteiger charge is 2.28. The first kappa shape index (κ1) is 15.3. The Morgan fingerprint density at radius 1 is 1.50 bits per heavy atom. The van der Waals surface area contributed by atoms with Gasteiger partial charge in [-0.2, -0.15) is 0 Å². The Morgan fingerprint density at radius 2 is 2.27 bits per heavy atom. The van der Waals surface area contributed by atoms with Gasteiger partial charge in [-0.15, -0.1) is 0 Å². The van der Waals surface area contributed by atoms with Crippen molar-refractivity contribution in [2.45, 2.75) is 13.3 Å². The van der Waals surface area contributed by atoms with Crippen molar-refractivity contribution < 1.29 is 9.21 Å². The number of hydrogen-bond donors (Lipinski definition) is 1. The molecule has 1 aromatic heterocycles. The first-order valence-electron chi connectivity index (χ1n) is 7.37. The van der Waals surface area contributed by atoms with Gasteiger partial charge in [-0.3, -0.25) is 4.79 Å². The number of allylic oxidation sites excluding steroid dienone is 1. The third-order valence-electron chi connectivity index (χ3n) is 4.24. The van der Waals surface area contributed by atoms with Crippen LogP contribution in [0, 0.1) is 5.92 Å². The summed E-state index contributed by atoms with van der Waals surface area (Å²) < 4.78 is 6.59. The van der Waals surface area contributed by atoms with Gasteiger partial charge in [0.25, 0.3) is 5.91 Å². The van der Waals surface area contributed by atoms with E-state index in [0.717, 1.165) is 40.5 Å². The number of halogens is 1. The molecule has 4 nitrogen and oxygen atoms in total. The second-order valence-electron chi connectivity index (χ2n) is 5.90. The Morgan fingerprint density at radius 3 is 2.91 bits per heavy atom. The first-order valence-corrected chi connectivity index (χ1v) is 8.16. The van der Waals surface area contributed by atoms with E-state index in [1.807, 2.05) is 24.0 Å². The van der Waals surface area contributed by atoms with Crippen LogP contribution in [0.5, 0.6) is 0 Å². The minimum absolute atomic E-state index is 0.0143. The maximum absolute atomic E-state index is 12.8. The van der Waals surface area contributed by atoms with Gasteiger partial charge in [-0.25, -0.2) is 0 Å². The lowest BCUT2D eigenvalue weighted by molar-refractivity contribution is 0.0788. The van der Waals surface area contributed by atoms with Gasteiger partial charge in [0.1, 0.15) is 11.8 Å². The molecule has 0 bridgehead atoms. The Labute approximate surface area is 138 Å². The first-order chi connectivity index (χ1) is 10.5. The predicted octanol–water partition coefficient (Wildman–Crippen LogP) is 3.65. The Hall–Kier alpha value is -1.59. The number of amides is 1. The number of benzene rings is 1. The van der Waals surface area contributed by atoms with Crippen LogP contribution in [0.2, 0.25) is 0 Å². The topological polar surface area (TPSA) is 59.5 Å². The quantitative estimate of drug-likeness (QED) is 0.906. The molecule has 1 saturated heterocycles. The van der Waals surface area contributed by atoms with Gasteiger partial charge >= 0.3 is 0 Å². The van der Waals surface area contributed by atoms with Crippen LogP contribution in [0.4, 0.5) is 0 Å². The molecule has 1 aromatic carbocycles. The fourth-order valence-electron chi connectivity index (χ4n) is 2.96. The van der Waals surface area contributed by atoms with Crippen LogP contribution in [-0.4, -0.2) is 30.4 Å². The number of likely N-dealkylation sites (tertiary alicyclic amines) is 1. The fourth-order valence-corrected chi connectivity index (χ4v) is 3.42. The molecule has 2 aromatic rings. The van der Waals surface area contributed by atoms with E-state index < -0.39 is 0 Å². The van der Waals surface area contributed by atoms with Crippen molar-refractivity contribution in [2.24, 2.45) is 11.7 Å². The molecule has 1 aliphatic rings. The molecule has 0 aliphatic carbocycles. The predicted molar refractivity (Wildman–Crippen MR) is 91.7 cm³/mol. The molecule has 116 valence electrons. The van der Waals surface area contributed by atoms with Crippen LogP contribution < -0.4 is 5.73 Å². The number of nitrogens with two attached hydrogens (primary N) is 1. The molecule has 1 aliphatic heterocycles. The zero-order chi connectivity index (χ0) is 15.9. The molecule has 1 atom stereocenters. The molecule has 0 unspecified atom stereocenters. The summed E-state index contributed by atoms with van der Waals surface area (Å²) in [6.07, 6.45) is 2.53. The standard InChI is InChI=1S/C17H19BrN2O2/c1-10(2)13-5-12(18)6-14-15(9-22-16(13)14)17(21)20-4-3-11(7-19)8-20/h5-6,9,11H,1,3-4,7-8,19H2,2H3/t11-/m0/s1. The van der Waals surface area contributed by atoms with Crippen molar-refractivity contribution in [1.82, 2.24) is 4.90 Å². The van der Waals surface area contributed by atoms with Gasteiger partial charge < -0.3 is 15.1 Å². The molecule has 5 heteroatoms. The number of furan rings is 1. The minimum atomic E-state index is 0.0143. The van der Waals surface area contributed by atoms with E-state index in [9.17, 15) is 4.79 Å². The largest absolute Gasteiger partial charge is 0.463 e. The smallest absolute Gasteiger partial charge is 0.257 e. The van der Waals surface area contributed by atoms with Crippen LogP contribution in [0.1, 0.15) is 29.3 Å². The van der Waals surface area contributed by atoms with Crippen molar-refractivity contribution in [1.29, 1.82) is 0 Å². The zero-order valence-corrected chi connectivity index (χ0v) is 14.1. The van der Waals surface area contributed by atoms with Crippen LogP contribution in [-0.2, 0) is 0 Å². The van der Waals surface area contributed by atoms with Crippen molar-refractivity contribution in [3.05, 3.63) is 40.6 Å². The van der Waals surface area contributed by atoms with E-state index in [4.69, 9.17) is 10.2 Å². The minimum Gasteiger partial charge on any atom is -0.463 e. The number of nitrogens with zero attached hydrogens (tertiary/aromatic N) is 1. The van der Waals surface area contributed by atoms with Gasteiger partial charge in [0.2, 0.25) is 0 Å². The van der Waals surface area contributed by atoms with E-state index in [1.54, 1.807) is 6.26 Å². The van der Waals surface area contributed by atoms with Crippen molar-refractivity contribution in [2.75, 3.05) is 19.6 Å². The highest BCUT2D eigenvalue weighted by Crippen LogP contribution is 2.33. The maximum atomic E-state index is 12.8. The van der Waals surface area contributed by atoms with Gasteiger partial charge in [-0.1, -0.05) is 22.5 Å². The zero-order valence-electron chi connectivity index (χ0n) is 12.6. The number of carbonyl (C=O) groups excluding carboxylic acids is 1. The van der Waals surface area contributed by atoms with E-state index in [-0.39, 0.29) is 5.91 Å². The normalized spacial score (nSPS) is 18.1. The van der Waals surface area contributed by atoms with E-state index in [0.29, 0.717) is 23.6 Å². The van der Waals surface area contributed by atoms with E-state index in [2.05, 4.69) is 22.5 Å². The summed E-state index contributed by atoms with van der Waals surface area (Å²) in [6.45, 7) is 8.02. The Bertz CT molecular complexity index is 750. The average molecular weight is 363 g/mol. The molecule has 0 saturated carbocycles. The van der Waals surface area contributed by atoms with Crippen molar-refractivity contribution in [3.63, 3.8) is 0 Å². The van der Waals surface area contributed by atoms with Crippen LogP contribution in [0.3, 0.4) is 0 Å². The summed E-state index contributed by atoms with van der Waals surface area (Å²) in [5, 5.41) is 0.827. The summed E-state index contributed by atoms with van der Waals surface area (Å²) in [4.78, 5) is 14.6. The monoisotopic (exact) mass is 362 g/mol. The summed E-state index contributed by atoms with van der Waals surface area (Å²) in [6, 6.07) is 3.89. The molecule has 1 fully saturated rings. The highest BCUT2D eigenvalue weighted by molar-refractivity contribution is 9.10. The third-order valence-corrected chi connectivity index (χ3v) is 4.69. The molecule has 2 heterocycles. The van der Waals surface area contributed by atoms with Gasteiger partial charge in [0.15, 0.2) is 0 Å². The average Bonchev–Trinajstić information content (AvgIpc) is 3.12. The number of fused-ring (bicyclic) bond motifs is 1. The lowest BCUT2D eigenvalue weighted by Crippen LogP contribution is -2.29. The molecule has 0 spiro atoms. The van der Waals surface area contributed by atoms with Crippen molar-refractivity contribution >= 4 is 38.4 Å². The molecule has 3 rings (SSSR count). The lowest BCUT2D eigenvalue weighted by atomic mass is 10.0. The van der Waals surface area contributed by atoms with Crippen molar-refractivity contribution in [3.8, 4) is 0 Å². The van der Waals surface area contributed by atoms with Crippen LogP contribution in [0.25, 0.3) is 16.5 Å². The Balaban J connectivity index is 2.01. The van der Waals surface area contributed by atoms with Crippen LogP contribution in [0.15, 0.2) is 33.9 Å². The number of carbonyl (C=O) groups is 1. The van der Waals surface area contributed by atoms with E-state index >= 15 is 0 Å². The second-order valence-corrected chi connectivity index (χ2v) is 6.82. The second kappa shape index (κ2) is 5.89. The third kappa shape index (κ3) is 2.59. The number of rotatable bonds is 3. The summed E-state index contributed by atoms with van der Waals surface area (Å²) in [5.41, 5.74) is 8.86. The van der Waals surface area contributed by atoms with Gasteiger partial charge in [-0.05, 0) is 43.5 Å². The van der Waals surface area contributed by atoms with Gasteiger partial charge in [0, 0.05) is 28.5 Å². The molecule has 0 radical (unpaired) electrons. The molecular weight excluding hydrogens is 344 g/mol. The lowest BCUT2D eigenvalue weighted by Gasteiger charge is -2.15. The summed E-state index contributed by atoms with van der Waals surface area (Å²) in [5.74, 6) is 0.417. The molecule has 22 heavy (non-hydrogen) atoms. The SMILES string of the molecule is C=C(C)c1cc(Br)cc2c(C(=O)N3CC[C@@H](CN)C3)coc12. The maximum Gasteiger partial charge on any atom is 0.257 e.